The number of para-hydroxylation sites is 2. The Morgan fingerprint density at radius 1 is 1.36 bits per heavy atom. The van der Waals surface area contributed by atoms with Crippen LogP contribution in [0.3, 0.4) is 0 Å². The van der Waals surface area contributed by atoms with Crippen molar-refractivity contribution in [2.45, 2.75) is 33.3 Å². The molecule has 0 saturated heterocycles. The van der Waals surface area contributed by atoms with Crippen LogP contribution < -0.4 is 9.64 Å². The van der Waals surface area contributed by atoms with Gasteiger partial charge < -0.3 is 14.5 Å². The Kier molecular flexibility index (Phi) is 5.06. The first-order chi connectivity index (χ1) is 10.4. The zero-order chi connectivity index (χ0) is 16.3. The molecule has 5 nitrogen and oxygen atoms in total. The minimum absolute atomic E-state index is 0.0538. The maximum Gasteiger partial charge on any atom is 0.267 e. The molecule has 22 heavy (non-hydrogen) atoms. The summed E-state index contributed by atoms with van der Waals surface area (Å²) in [5.74, 6) is 1.08. The highest BCUT2D eigenvalue weighted by Crippen LogP contribution is 2.33. The molecule has 0 aromatic heterocycles. The van der Waals surface area contributed by atoms with E-state index in [0.717, 1.165) is 12.2 Å². The Bertz CT molecular complexity index is 557. The molecule has 0 aliphatic carbocycles. The zero-order valence-corrected chi connectivity index (χ0v) is 13.7. The van der Waals surface area contributed by atoms with Crippen LogP contribution in [0.15, 0.2) is 24.3 Å². The molecule has 2 rings (SSSR count). The number of carbonyl (C=O) groups excluding carboxylic acids is 2. The van der Waals surface area contributed by atoms with Crippen molar-refractivity contribution in [3.63, 3.8) is 0 Å². The van der Waals surface area contributed by atoms with Gasteiger partial charge in [-0.15, -0.1) is 0 Å². The fourth-order valence-corrected chi connectivity index (χ4v) is 2.64. The highest BCUT2D eigenvalue weighted by atomic mass is 16.5. The molecule has 0 radical (unpaired) electrons. The third-order valence-electron chi connectivity index (χ3n) is 3.69. The molecule has 0 N–H and O–H groups in total. The van der Waals surface area contributed by atoms with Crippen molar-refractivity contribution >= 4 is 17.5 Å². The van der Waals surface area contributed by atoms with Crippen LogP contribution in [0.5, 0.6) is 5.75 Å². The number of anilines is 1. The van der Waals surface area contributed by atoms with E-state index in [-0.39, 0.29) is 11.8 Å². The largest absolute Gasteiger partial charge is 0.479 e. The van der Waals surface area contributed by atoms with Gasteiger partial charge in [-0.3, -0.25) is 9.59 Å². The second kappa shape index (κ2) is 6.81. The average Bonchev–Trinajstić information content (AvgIpc) is 2.46. The smallest absolute Gasteiger partial charge is 0.267 e. The summed E-state index contributed by atoms with van der Waals surface area (Å²) in [4.78, 5) is 27.9. The van der Waals surface area contributed by atoms with Gasteiger partial charge in [-0.05, 0) is 25.0 Å². The highest BCUT2D eigenvalue weighted by Gasteiger charge is 2.31. The number of amides is 2. The molecular weight excluding hydrogens is 280 g/mol. The van der Waals surface area contributed by atoms with Gasteiger partial charge in [0.15, 0.2) is 6.10 Å². The summed E-state index contributed by atoms with van der Waals surface area (Å²) in [6.07, 6.45) is -0.200. The maximum absolute atomic E-state index is 12.3. The SMILES string of the molecule is CC(C)CN(C)C(=O)CCN1C(=O)C(C)Oc2ccccc21. The normalized spacial score (nSPS) is 17.2. The Hall–Kier alpha value is -2.04. The number of hydrogen-bond donors (Lipinski definition) is 0. The number of nitrogens with zero attached hydrogens (tertiary/aromatic N) is 2. The van der Waals surface area contributed by atoms with Crippen molar-refractivity contribution in [3.8, 4) is 5.75 Å². The topological polar surface area (TPSA) is 49.9 Å². The molecule has 5 heteroatoms. The number of rotatable bonds is 5. The van der Waals surface area contributed by atoms with Gasteiger partial charge in [-0.2, -0.15) is 0 Å². The summed E-state index contributed by atoms with van der Waals surface area (Å²) in [6.45, 7) is 6.99. The number of fused-ring (bicyclic) bond motifs is 1. The average molecular weight is 304 g/mol. The summed E-state index contributed by atoms with van der Waals surface area (Å²) >= 11 is 0. The lowest BCUT2D eigenvalue weighted by Gasteiger charge is -2.33. The van der Waals surface area contributed by atoms with Crippen molar-refractivity contribution < 1.29 is 14.3 Å². The second-order valence-electron chi connectivity index (χ2n) is 6.14. The quantitative estimate of drug-likeness (QED) is 0.839. The van der Waals surface area contributed by atoms with Crippen LogP contribution >= 0.6 is 0 Å². The molecule has 1 aliphatic heterocycles. The van der Waals surface area contributed by atoms with Crippen molar-refractivity contribution in [2.24, 2.45) is 5.92 Å². The summed E-state index contributed by atoms with van der Waals surface area (Å²) in [7, 11) is 1.81. The van der Waals surface area contributed by atoms with E-state index in [0.29, 0.717) is 24.6 Å². The van der Waals surface area contributed by atoms with Crippen molar-refractivity contribution in [1.82, 2.24) is 4.90 Å². The fraction of sp³-hybridized carbons (Fsp3) is 0.529. The number of carbonyl (C=O) groups is 2. The van der Waals surface area contributed by atoms with Crippen LogP contribution in [0.1, 0.15) is 27.2 Å². The number of ether oxygens (including phenoxy) is 1. The van der Waals surface area contributed by atoms with Crippen LogP contribution in [0.2, 0.25) is 0 Å². The van der Waals surface area contributed by atoms with E-state index >= 15 is 0 Å². The molecular formula is C17H24N2O3. The van der Waals surface area contributed by atoms with Gasteiger partial charge in [-0.25, -0.2) is 0 Å². The minimum Gasteiger partial charge on any atom is -0.479 e. The van der Waals surface area contributed by atoms with E-state index in [1.165, 1.54) is 0 Å². The van der Waals surface area contributed by atoms with E-state index in [1.54, 1.807) is 23.8 Å². The summed E-state index contributed by atoms with van der Waals surface area (Å²) in [5.41, 5.74) is 0.741. The van der Waals surface area contributed by atoms with E-state index in [4.69, 9.17) is 4.74 Å². The molecule has 1 unspecified atom stereocenters. The lowest BCUT2D eigenvalue weighted by molar-refractivity contribution is -0.130. The summed E-state index contributed by atoms with van der Waals surface area (Å²) in [6, 6.07) is 7.44. The minimum atomic E-state index is -0.515. The molecule has 1 aliphatic rings. The van der Waals surface area contributed by atoms with Gasteiger partial charge in [0.25, 0.3) is 5.91 Å². The standard InChI is InChI=1S/C17H24N2O3/c1-12(2)11-18(4)16(20)9-10-19-14-7-5-6-8-15(14)22-13(3)17(19)21/h5-8,12-13H,9-11H2,1-4H3. The van der Waals surface area contributed by atoms with Crippen LogP contribution in [0.4, 0.5) is 5.69 Å². The van der Waals surface area contributed by atoms with Crippen molar-refractivity contribution in [2.75, 3.05) is 25.0 Å². The van der Waals surface area contributed by atoms with Gasteiger partial charge in [-0.1, -0.05) is 26.0 Å². The first-order valence-electron chi connectivity index (χ1n) is 7.71. The highest BCUT2D eigenvalue weighted by molar-refractivity contribution is 6.00. The molecule has 1 aromatic rings. The molecule has 120 valence electrons. The maximum atomic E-state index is 12.3. The number of benzene rings is 1. The van der Waals surface area contributed by atoms with Gasteiger partial charge >= 0.3 is 0 Å². The lowest BCUT2D eigenvalue weighted by Crippen LogP contribution is -2.46. The van der Waals surface area contributed by atoms with Crippen molar-refractivity contribution in [3.05, 3.63) is 24.3 Å². The lowest BCUT2D eigenvalue weighted by atomic mass is 10.1. The summed E-state index contributed by atoms with van der Waals surface area (Å²) in [5, 5.41) is 0. The van der Waals surface area contributed by atoms with Gasteiger partial charge in [0, 0.05) is 26.6 Å². The Balaban J connectivity index is 2.05. The van der Waals surface area contributed by atoms with Crippen LogP contribution in [-0.2, 0) is 9.59 Å². The third-order valence-corrected chi connectivity index (χ3v) is 3.69. The predicted octanol–water partition coefficient (Wildman–Crippen LogP) is 2.30. The Morgan fingerprint density at radius 3 is 2.73 bits per heavy atom. The third kappa shape index (κ3) is 3.59. The Morgan fingerprint density at radius 2 is 2.05 bits per heavy atom. The monoisotopic (exact) mass is 304 g/mol. The summed E-state index contributed by atoms with van der Waals surface area (Å²) < 4.78 is 5.59. The molecule has 1 aromatic carbocycles. The van der Waals surface area contributed by atoms with E-state index in [2.05, 4.69) is 13.8 Å². The molecule has 1 heterocycles. The van der Waals surface area contributed by atoms with Gasteiger partial charge in [0.2, 0.25) is 5.91 Å². The van der Waals surface area contributed by atoms with Crippen LogP contribution in [0, 0.1) is 5.92 Å². The molecule has 0 bridgehead atoms. The molecule has 0 saturated carbocycles. The van der Waals surface area contributed by atoms with Gasteiger partial charge in [0.1, 0.15) is 5.75 Å². The van der Waals surface area contributed by atoms with Crippen LogP contribution in [-0.4, -0.2) is 43.0 Å². The first-order valence-corrected chi connectivity index (χ1v) is 7.71. The number of hydrogen-bond acceptors (Lipinski definition) is 3. The van der Waals surface area contributed by atoms with E-state index in [9.17, 15) is 9.59 Å². The predicted molar refractivity (Wildman–Crippen MR) is 86.0 cm³/mol. The van der Waals surface area contributed by atoms with Gasteiger partial charge in [0.05, 0.1) is 5.69 Å². The second-order valence-corrected chi connectivity index (χ2v) is 6.14. The van der Waals surface area contributed by atoms with Crippen LogP contribution in [0.25, 0.3) is 0 Å². The molecule has 1 atom stereocenters. The zero-order valence-electron chi connectivity index (χ0n) is 13.7. The Labute approximate surface area is 131 Å². The van der Waals surface area contributed by atoms with E-state index < -0.39 is 6.10 Å². The van der Waals surface area contributed by atoms with Crippen molar-refractivity contribution in [1.29, 1.82) is 0 Å². The molecule has 0 spiro atoms. The van der Waals surface area contributed by atoms with E-state index in [1.807, 2.05) is 24.3 Å². The fourth-order valence-electron chi connectivity index (χ4n) is 2.64. The first kappa shape index (κ1) is 16.3. The molecule has 0 fully saturated rings. The molecule has 2 amide bonds.